The monoisotopic (exact) mass is 578 g/mol. The second-order valence-corrected chi connectivity index (χ2v) is 9.60. The number of hydrogen-bond donors (Lipinski definition) is 0. The zero-order valence-electron chi connectivity index (χ0n) is 23.3. The van der Waals surface area contributed by atoms with Crippen LogP contribution >= 0.6 is 0 Å². The van der Waals surface area contributed by atoms with E-state index in [1.54, 1.807) is 25.4 Å². The van der Waals surface area contributed by atoms with Gasteiger partial charge in [0, 0.05) is 6.20 Å². The molecule has 216 valence electrons. The summed E-state index contributed by atoms with van der Waals surface area (Å²) in [6.45, 7) is 3.08. The minimum Gasteiger partial charge on any atom is -0.489 e. The van der Waals surface area contributed by atoms with Crippen molar-refractivity contribution in [3.8, 4) is 17.6 Å². The minimum absolute atomic E-state index is 0.220. The molecule has 3 heterocycles. The van der Waals surface area contributed by atoms with Gasteiger partial charge in [-0.15, -0.1) is 0 Å². The second kappa shape index (κ2) is 12.5. The first kappa shape index (κ1) is 27.6. The fraction of sp³-hybridized carbons (Fsp3) is 0.156. The normalized spacial score (nSPS) is 11.0. The third kappa shape index (κ3) is 6.51. The average molecular weight is 579 g/mol. The van der Waals surface area contributed by atoms with Crippen LogP contribution in [0.2, 0.25) is 0 Å². The van der Waals surface area contributed by atoms with E-state index < -0.39 is 5.97 Å². The Morgan fingerprint density at radius 3 is 2.35 bits per heavy atom. The van der Waals surface area contributed by atoms with Crippen LogP contribution in [0.15, 0.2) is 97.6 Å². The van der Waals surface area contributed by atoms with Crippen LogP contribution in [-0.2, 0) is 24.5 Å². The van der Waals surface area contributed by atoms with Gasteiger partial charge in [0.15, 0.2) is 11.2 Å². The number of carbonyl (C=O) groups is 1. The third-order valence-electron chi connectivity index (χ3n) is 6.53. The maximum Gasteiger partial charge on any atom is 0.341 e. The summed E-state index contributed by atoms with van der Waals surface area (Å²) in [6.07, 6.45) is 4.61. The number of rotatable bonds is 11. The van der Waals surface area contributed by atoms with E-state index in [-0.39, 0.29) is 30.5 Å². The number of hydrogen-bond acceptors (Lipinski definition) is 8. The Bertz CT molecular complexity index is 1840. The fourth-order valence-electron chi connectivity index (χ4n) is 4.34. The predicted octanol–water partition coefficient (Wildman–Crippen LogP) is 5.53. The molecule has 0 atom stereocenters. The van der Waals surface area contributed by atoms with Crippen molar-refractivity contribution in [3.63, 3.8) is 0 Å². The molecule has 0 amide bonds. The van der Waals surface area contributed by atoms with E-state index in [9.17, 15) is 9.18 Å². The smallest absolute Gasteiger partial charge is 0.341 e. The molecule has 11 heteroatoms. The first-order chi connectivity index (χ1) is 21.1. The van der Waals surface area contributed by atoms with Gasteiger partial charge in [-0.05, 0) is 47.9 Å². The number of aromatic nitrogens is 6. The molecule has 0 unspecified atom stereocenters. The average Bonchev–Trinajstić information content (AvgIpc) is 3.69. The molecule has 0 N–H and O–H groups in total. The van der Waals surface area contributed by atoms with Gasteiger partial charge in [-0.25, -0.2) is 18.9 Å². The van der Waals surface area contributed by atoms with Crippen LogP contribution in [0.4, 0.5) is 4.39 Å². The highest BCUT2D eigenvalue weighted by Crippen LogP contribution is 2.25. The minimum atomic E-state index is -0.481. The molecule has 6 rings (SSSR count). The molecule has 0 saturated carbocycles. The third-order valence-corrected chi connectivity index (χ3v) is 6.53. The highest BCUT2D eigenvalue weighted by atomic mass is 19.1. The lowest BCUT2D eigenvalue weighted by Gasteiger charge is -2.10. The van der Waals surface area contributed by atoms with Crippen LogP contribution in [0.25, 0.3) is 17.1 Å². The lowest BCUT2D eigenvalue weighted by Crippen LogP contribution is -2.08. The Morgan fingerprint density at radius 2 is 1.58 bits per heavy atom. The Kier molecular flexibility index (Phi) is 8.03. The van der Waals surface area contributed by atoms with E-state index in [0.717, 1.165) is 16.7 Å². The van der Waals surface area contributed by atoms with Gasteiger partial charge in [-0.2, -0.15) is 15.1 Å². The lowest BCUT2D eigenvalue weighted by atomic mass is 10.2. The molecule has 6 aromatic rings. The van der Waals surface area contributed by atoms with Crippen molar-refractivity contribution < 1.29 is 23.4 Å². The first-order valence-electron chi connectivity index (χ1n) is 13.6. The summed E-state index contributed by atoms with van der Waals surface area (Å²) in [5.74, 6) is 0.447. The van der Waals surface area contributed by atoms with Crippen molar-refractivity contribution in [2.75, 3.05) is 6.61 Å². The SMILES string of the molecule is CCOC(=O)c1cnn(-c2nc(OCc3ccccc3)c3ncn(Cc4ccc(OCc5ccc(F)cc5)cc4)c3n2)c1. The summed E-state index contributed by atoms with van der Waals surface area (Å²) in [7, 11) is 0. The molecule has 0 spiro atoms. The molecule has 0 aliphatic heterocycles. The van der Waals surface area contributed by atoms with Crippen LogP contribution in [0.1, 0.15) is 34.0 Å². The van der Waals surface area contributed by atoms with Gasteiger partial charge < -0.3 is 18.8 Å². The highest BCUT2D eigenvalue weighted by molar-refractivity contribution is 5.88. The Hall–Kier alpha value is -5.58. The van der Waals surface area contributed by atoms with Crippen LogP contribution in [0.5, 0.6) is 11.6 Å². The number of imidazole rings is 1. The summed E-state index contributed by atoms with van der Waals surface area (Å²) in [5.41, 5.74) is 4.16. The summed E-state index contributed by atoms with van der Waals surface area (Å²) in [6, 6.07) is 23.6. The van der Waals surface area contributed by atoms with Gasteiger partial charge in [-0.1, -0.05) is 54.6 Å². The largest absolute Gasteiger partial charge is 0.489 e. The van der Waals surface area contributed by atoms with E-state index >= 15 is 0 Å². The van der Waals surface area contributed by atoms with Crippen molar-refractivity contribution >= 4 is 17.1 Å². The molecule has 0 aliphatic carbocycles. The molecule has 0 bridgehead atoms. The maximum atomic E-state index is 13.2. The van der Waals surface area contributed by atoms with Crippen LogP contribution in [0.3, 0.4) is 0 Å². The maximum absolute atomic E-state index is 13.2. The molecule has 0 aliphatic rings. The van der Waals surface area contributed by atoms with E-state index in [2.05, 4.69) is 15.1 Å². The van der Waals surface area contributed by atoms with Crippen LogP contribution < -0.4 is 9.47 Å². The number of halogens is 1. The number of ether oxygens (including phenoxy) is 3. The second-order valence-electron chi connectivity index (χ2n) is 9.60. The predicted molar refractivity (Wildman–Crippen MR) is 155 cm³/mol. The zero-order chi connectivity index (χ0) is 29.6. The summed E-state index contributed by atoms with van der Waals surface area (Å²) in [4.78, 5) is 26.1. The number of benzene rings is 3. The Morgan fingerprint density at radius 1 is 0.860 bits per heavy atom. The van der Waals surface area contributed by atoms with Gasteiger partial charge in [-0.3, -0.25) is 0 Å². The van der Waals surface area contributed by atoms with Crippen molar-refractivity contribution in [2.24, 2.45) is 0 Å². The van der Waals surface area contributed by atoms with Gasteiger partial charge >= 0.3 is 5.97 Å². The van der Waals surface area contributed by atoms with E-state index in [1.165, 1.54) is 29.2 Å². The molecule has 43 heavy (non-hydrogen) atoms. The number of nitrogens with zero attached hydrogens (tertiary/aromatic N) is 6. The Balaban J connectivity index is 1.26. The van der Waals surface area contributed by atoms with Crippen molar-refractivity contribution in [1.82, 2.24) is 29.3 Å². The molecular weight excluding hydrogens is 551 g/mol. The van der Waals surface area contributed by atoms with Crippen molar-refractivity contribution in [2.45, 2.75) is 26.7 Å². The van der Waals surface area contributed by atoms with Gasteiger partial charge in [0.25, 0.3) is 5.95 Å². The first-order valence-corrected chi connectivity index (χ1v) is 13.6. The number of carbonyl (C=O) groups excluding carboxylic acids is 1. The van der Waals surface area contributed by atoms with E-state index in [4.69, 9.17) is 19.2 Å². The molecule has 10 nitrogen and oxygen atoms in total. The van der Waals surface area contributed by atoms with Gasteiger partial charge in [0.2, 0.25) is 5.88 Å². The number of esters is 1. The van der Waals surface area contributed by atoms with Crippen molar-refractivity contribution in [3.05, 3.63) is 126 Å². The van der Waals surface area contributed by atoms with Crippen LogP contribution in [-0.4, -0.2) is 41.9 Å². The Labute approximate surface area is 246 Å². The van der Waals surface area contributed by atoms with E-state index in [1.807, 2.05) is 59.2 Å². The molecule has 3 aromatic carbocycles. The van der Waals surface area contributed by atoms with E-state index in [0.29, 0.717) is 35.9 Å². The number of fused-ring (bicyclic) bond motifs is 1. The molecule has 0 fully saturated rings. The summed E-state index contributed by atoms with van der Waals surface area (Å²) < 4.78 is 33.5. The van der Waals surface area contributed by atoms with Crippen molar-refractivity contribution in [1.29, 1.82) is 0 Å². The molecule has 3 aromatic heterocycles. The standard InChI is InChI=1S/C32H27FN6O4/c1-2-41-31(40)25-16-35-39(18-25)32-36-29-28(30(37-32)43-20-23-6-4-3-5-7-23)34-21-38(29)17-22-10-14-27(15-11-22)42-19-24-8-12-26(33)13-9-24/h3-16,18,21H,2,17,19-20H2,1H3. The molecule has 0 radical (unpaired) electrons. The lowest BCUT2D eigenvalue weighted by molar-refractivity contribution is 0.0526. The molecular formula is C32H27FN6O4. The summed E-state index contributed by atoms with van der Waals surface area (Å²) in [5, 5.41) is 4.28. The zero-order valence-corrected chi connectivity index (χ0v) is 23.3. The van der Waals surface area contributed by atoms with Gasteiger partial charge in [0.1, 0.15) is 24.8 Å². The van der Waals surface area contributed by atoms with Gasteiger partial charge in [0.05, 0.1) is 31.2 Å². The van der Waals surface area contributed by atoms with Crippen LogP contribution in [0, 0.1) is 5.82 Å². The quantitative estimate of drug-likeness (QED) is 0.185. The fourth-order valence-corrected chi connectivity index (χ4v) is 4.34. The highest BCUT2D eigenvalue weighted by Gasteiger charge is 2.18. The topological polar surface area (TPSA) is 106 Å². The summed E-state index contributed by atoms with van der Waals surface area (Å²) >= 11 is 0. The molecule has 0 saturated heterocycles.